The minimum Gasteiger partial charge on any atom is -0.356 e. The van der Waals surface area contributed by atoms with Crippen molar-refractivity contribution < 1.29 is 18.9 Å². The summed E-state index contributed by atoms with van der Waals surface area (Å²) in [6, 6.07) is 10.0. The molecule has 2 heterocycles. The van der Waals surface area contributed by atoms with Gasteiger partial charge in [-0.05, 0) is 5.92 Å². The summed E-state index contributed by atoms with van der Waals surface area (Å²) < 4.78 is 23.4. The molecule has 5 heteroatoms. The molecule has 1 aromatic carbocycles. The average molecular weight is 311 g/mol. The van der Waals surface area contributed by atoms with Crippen molar-refractivity contribution in [3.63, 3.8) is 0 Å². The van der Waals surface area contributed by atoms with Crippen LogP contribution >= 0.6 is 11.6 Å². The second kappa shape index (κ2) is 5.52. The van der Waals surface area contributed by atoms with Crippen molar-refractivity contribution in [2.45, 2.75) is 24.8 Å². The lowest BCUT2D eigenvalue weighted by atomic mass is 10.0. The lowest BCUT2D eigenvalue weighted by molar-refractivity contribution is -0.316. The van der Waals surface area contributed by atoms with E-state index in [-0.39, 0.29) is 24.8 Å². The maximum atomic E-state index is 6.19. The van der Waals surface area contributed by atoms with E-state index in [0.29, 0.717) is 30.2 Å². The molecule has 1 saturated carbocycles. The van der Waals surface area contributed by atoms with Gasteiger partial charge in [-0.1, -0.05) is 30.3 Å². The van der Waals surface area contributed by atoms with E-state index in [2.05, 4.69) is 0 Å². The van der Waals surface area contributed by atoms with Gasteiger partial charge >= 0.3 is 0 Å². The molecule has 114 valence electrons. The van der Waals surface area contributed by atoms with E-state index in [1.54, 1.807) is 7.11 Å². The van der Waals surface area contributed by atoms with E-state index in [0.717, 1.165) is 5.56 Å². The van der Waals surface area contributed by atoms with E-state index in [1.807, 2.05) is 30.3 Å². The first kappa shape index (κ1) is 14.0. The predicted molar refractivity (Wildman–Crippen MR) is 76.9 cm³/mol. The van der Waals surface area contributed by atoms with Gasteiger partial charge in [-0.15, -0.1) is 11.6 Å². The molecule has 2 aliphatic heterocycles. The van der Waals surface area contributed by atoms with Gasteiger partial charge in [-0.2, -0.15) is 0 Å². The van der Waals surface area contributed by atoms with Crippen LogP contribution in [0.1, 0.15) is 11.9 Å². The van der Waals surface area contributed by atoms with E-state index < -0.39 is 0 Å². The number of fused-ring (bicyclic) bond motifs is 3. The molecule has 2 unspecified atom stereocenters. The summed E-state index contributed by atoms with van der Waals surface area (Å²) in [5, 5.41) is 0. The Labute approximate surface area is 129 Å². The van der Waals surface area contributed by atoms with Crippen LogP contribution in [-0.4, -0.2) is 38.1 Å². The molecule has 4 rings (SSSR count). The predicted octanol–water partition coefficient (Wildman–Crippen LogP) is 2.57. The third kappa shape index (κ3) is 2.30. The van der Waals surface area contributed by atoms with Crippen LogP contribution in [0.25, 0.3) is 0 Å². The highest BCUT2D eigenvalue weighted by atomic mass is 35.5. The molecular weight excluding hydrogens is 292 g/mol. The molecule has 3 fully saturated rings. The lowest BCUT2D eigenvalue weighted by Gasteiger charge is -2.41. The van der Waals surface area contributed by atoms with Gasteiger partial charge in [-0.25, -0.2) is 0 Å². The number of methoxy groups -OCH3 is 1. The standard InChI is InChI=1S/C16H19ClO4/c1-18-16-13-10(7-17)12(13)14-11(20-16)8-19-15(21-14)9-5-3-2-4-6-9/h2-6,10-16H,7-8H2,1H3/t10?,11-,12-,13+,14-,15?,16+/m1/s1. The molecule has 0 N–H and O–H groups in total. The van der Waals surface area contributed by atoms with Crippen molar-refractivity contribution in [2.75, 3.05) is 19.6 Å². The molecule has 3 aliphatic rings. The van der Waals surface area contributed by atoms with E-state index in [9.17, 15) is 0 Å². The SMILES string of the molecule is CO[C@H]1O[C@@H]2COC(c3ccccc3)O[C@H]2[C@@H]2C(CCl)[C@H]12. The highest BCUT2D eigenvalue weighted by molar-refractivity contribution is 6.18. The van der Waals surface area contributed by atoms with Crippen LogP contribution in [0.15, 0.2) is 30.3 Å². The van der Waals surface area contributed by atoms with Gasteiger partial charge in [0.05, 0.1) is 12.7 Å². The number of benzene rings is 1. The second-order valence-corrected chi connectivity index (χ2v) is 6.24. The second-order valence-electron chi connectivity index (χ2n) is 5.93. The highest BCUT2D eigenvalue weighted by Gasteiger charge is 2.65. The molecule has 0 aromatic heterocycles. The van der Waals surface area contributed by atoms with Crippen molar-refractivity contribution in [1.29, 1.82) is 0 Å². The van der Waals surface area contributed by atoms with E-state index >= 15 is 0 Å². The van der Waals surface area contributed by atoms with Gasteiger partial charge in [0, 0.05) is 30.4 Å². The Morgan fingerprint density at radius 1 is 1.19 bits per heavy atom. The summed E-state index contributed by atoms with van der Waals surface area (Å²) >= 11 is 6.08. The molecule has 1 aromatic rings. The van der Waals surface area contributed by atoms with Crippen molar-refractivity contribution >= 4 is 11.6 Å². The number of ether oxygens (including phenoxy) is 4. The van der Waals surface area contributed by atoms with Crippen LogP contribution in [0.2, 0.25) is 0 Å². The highest BCUT2D eigenvalue weighted by Crippen LogP contribution is 2.58. The van der Waals surface area contributed by atoms with Crippen LogP contribution in [0.3, 0.4) is 0 Å². The van der Waals surface area contributed by atoms with Crippen LogP contribution in [0, 0.1) is 17.8 Å². The molecule has 0 bridgehead atoms. The summed E-state index contributed by atoms with van der Waals surface area (Å²) in [6.45, 7) is 0.530. The number of halogens is 1. The van der Waals surface area contributed by atoms with E-state index in [1.165, 1.54) is 0 Å². The van der Waals surface area contributed by atoms with Crippen molar-refractivity contribution in [2.24, 2.45) is 17.8 Å². The zero-order valence-electron chi connectivity index (χ0n) is 11.9. The first-order valence-corrected chi connectivity index (χ1v) is 7.93. The average Bonchev–Trinajstić information content (AvgIpc) is 3.29. The largest absolute Gasteiger partial charge is 0.356 e. The molecule has 2 saturated heterocycles. The van der Waals surface area contributed by atoms with Crippen LogP contribution < -0.4 is 0 Å². The molecule has 21 heavy (non-hydrogen) atoms. The maximum absolute atomic E-state index is 6.19. The van der Waals surface area contributed by atoms with Crippen LogP contribution in [0.5, 0.6) is 0 Å². The number of rotatable bonds is 3. The smallest absolute Gasteiger partial charge is 0.184 e. The van der Waals surface area contributed by atoms with Crippen molar-refractivity contribution in [3.05, 3.63) is 35.9 Å². The van der Waals surface area contributed by atoms with Gasteiger partial charge in [0.2, 0.25) is 0 Å². The fourth-order valence-electron chi connectivity index (χ4n) is 3.74. The Hall–Kier alpha value is -0.650. The lowest BCUT2D eigenvalue weighted by Crippen LogP contribution is -2.49. The quantitative estimate of drug-likeness (QED) is 0.804. The third-order valence-electron chi connectivity index (χ3n) is 4.84. The minimum atomic E-state index is -0.313. The number of hydrogen-bond acceptors (Lipinski definition) is 4. The Kier molecular flexibility index (Phi) is 3.67. The Bertz CT molecular complexity index is 496. The Morgan fingerprint density at radius 2 is 2.00 bits per heavy atom. The minimum absolute atomic E-state index is 0.0455. The zero-order valence-corrected chi connectivity index (χ0v) is 12.6. The van der Waals surface area contributed by atoms with Crippen molar-refractivity contribution in [1.82, 2.24) is 0 Å². The summed E-state index contributed by atoms with van der Waals surface area (Å²) in [5.41, 5.74) is 1.05. The maximum Gasteiger partial charge on any atom is 0.184 e. The molecule has 0 amide bonds. The summed E-state index contributed by atoms with van der Waals surface area (Å²) in [4.78, 5) is 0. The van der Waals surface area contributed by atoms with E-state index in [4.69, 9.17) is 30.5 Å². The fourth-order valence-corrected chi connectivity index (χ4v) is 4.15. The summed E-state index contributed by atoms with van der Waals surface area (Å²) in [6.07, 6.45) is -0.513. The van der Waals surface area contributed by atoms with Gasteiger partial charge in [0.25, 0.3) is 0 Å². The van der Waals surface area contributed by atoms with Crippen LogP contribution in [-0.2, 0) is 18.9 Å². The van der Waals surface area contributed by atoms with Gasteiger partial charge < -0.3 is 18.9 Å². The third-order valence-corrected chi connectivity index (χ3v) is 5.19. The van der Waals surface area contributed by atoms with Crippen molar-refractivity contribution in [3.8, 4) is 0 Å². The van der Waals surface area contributed by atoms with Crippen LogP contribution in [0.4, 0.5) is 0 Å². The first-order chi connectivity index (χ1) is 10.3. The molecule has 0 radical (unpaired) electrons. The molecular formula is C16H19ClO4. The topological polar surface area (TPSA) is 36.9 Å². The zero-order chi connectivity index (χ0) is 14.4. The monoisotopic (exact) mass is 310 g/mol. The fraction of sp³-hybridized carbons (Fsp3) is 0.625. The number of alkyl halides is 1. The van der Waals surface area contributed by atoms with Gasteiger partial charge in [-0.3, -0.25) is 0 Å². The number of hydrogen-bond donors (Lipinski definition) is 0. The summed E-state index contributed by atoms with van der Waals surface area (Å²) in [7, 11) is 1.68. The molecule has 1 aliphatic carbocycles. The first-order valence-electron chi connectivity index (χ1n) is 7.39. The van der Waals surface area contributed by atoms with Gasteiger partial charge in [0.15, 0.2) is 12.6 Å². The molecule has 0 spiro atoms. The molecule has 4 nitrogen and oxygen atoms in total. The normalized spacial score (nSPS) is 44.8. The Balaban J connectivity index is 1.52. The van der Waals surface area contributed by atoms with Gasteiger partial charge in [0.1, 0.15) is 6.10 Å². The Morgan fingerprint density at radius 3 is 2.71 bits per heavy atom. The molecule has 7 atom stereocenters. The summed E-state index contributed by atoms with van der Waals surface area (Å²) in [5.74, 6) is 1.81.